The topological polar surface area (TPSA) is 50.8 Å². The number of rotatable bonds is 9. The van der Waals surface area contributed by atoms with Crippen molar-refractivity contribution in [1.29, 1.82) is 0 Å². The van der Waals surface area contributed by atoms with Crippen molar-refractivity contribution in [2.45, 2.75) is 25.3 Å². The van der Waals surface area contributed by atoms with Gasteiger partial charge in [-0.1, -0.05) is 36.4 Å². The number of hydrogen-bond donors (Lipinski definition) is 1. The highest BCUT2D eigenvalue weighted by atomic mass is 16.5. The molecule has 1 unspecified atom stereocenters. The smallest absolute Gasteiger partial charge is 0.223 e. The van der Waals surface area contributed by atoms with Crippen molar-refractivity contribution < 1.29 is 14.3 Å². The molecule has 27 heavy (non-hydrogen) atoms. The van der Waals surface area contributed by atoms with Gasteiger partial charge in [0.25, 0.3) is 0 Å². The molecule has 0 radical (unpaired) electrons. The van der Waals surface area contributed by atoms with E-state index in [1.165, 1.54) is 12.8 Å². The summed E-state index contributed by atoms with van der Waals surface area (Å²) in [5.41, 5.74) is 1.13. The molecule has 5 heteroatoms. The summed E-state index contributed by atoms with van der Waals surface area (Å²) in [5.74, 6) is 1.66. The fourth-order valence-corrected chi connectivity index (χ4v) is 3.51. The second-order valence-corrected chi connectivity index (χ2v) is 6.72. The molecule has 1 atom stereocenters. The van der Waals surface area contributed by atoms with Crippen molar-refractivity contribution in [2.24, 2.45) is 0 Å². The molecule has 1 aliphatic heterocycles. The highest BCUT2D eigenvalue weighted by Gasteiger charge is 2.26. The normalized spacial score (nSPS) is 15.3. The molecule has 144 valence electrons. The minimum atomic E-state index is 0.00465. The van der Waals surface area contributed by atoms with E-state index in [0.29, 0.717) is 19.6 Å². The van der Waals surface area contributed by atoms with Crippen LogP contribution in [0.25, 0.3) is 0 Å². The van der Waals surface area contributed by atoms with Crippen molar-refractivity contribution in [1.82, 2.24) is 10.2 Å². The van der Waals surface area contributed by atoms with Gasteiger partial charge >= 0.3 is 0 Å². The van der Waals surface area contributed by atoms with Crippen LogP contribution < -0.4 is 14.8 Å². The number of amides is 1. The third kappa shape index (κ3) is 5.47. The highest BCUT2D eigenvalue weighted by Crippen LogP contribution is 2.31. The minimum Gasteiger partial charge on any atom is -0.496 e. The van der Waals surface area contributed by atoms with Crippen LogP contribution in [0.5, 0.6) is 11.5 Å². The number of methoxy groups -OCH3 is 1. The van der Waals surface area contributed by atoms with E-state index in [0.717, 1.165) is 30.2 Å². The molecule has 3 rings (SSSR count). The second-order valence-electron chi connectivity index (χ2n) is 6.72. The first-order valence-electron chi connectivity index (χ1n) is 9.59. The van der Waals surface area contributed by atoms with Gasteiger partial charge in [0.15, 0.2) is 0 Å². The number of carbonyl (C=O) groups is 1. The van der Waals surface area contributed by atoms with E-state index in [1.807, 2.05) is 48.5 Å². The van der Waals surface area contributed by atoms with Crippen molar-refractivity contribution in [3.63, 3.8) is 0 Å². The Morgan fingerprint density at radius 1 is 1.07 bits per heavy atom. The first-order chi connectivity index (χ1) is 13.3. The highest BCUT2D eigenvalue weighted by molar-refractivity contribution is 5.76. The summed E-state index contributed by atoms with van der Waals surface area (Å²) in [7, 11) is 1.69. The van der Waals surface area contributed by atoms with Crippen molar-refractivity contribution >= 4 is 5.91 Å². The number of para-hydroxylation sites is 2. The van der Waals surface area contributed by atoms with Crippen LogP contribution in [0.15, 0.2) is 54.6 Å². The Bertz CT molecular complexity index is 715. The Labute approximate surface area is 161 Å². The summed E-state index contributed by atoms with van der Waals surface area (Å²) in [4.78, 5) is 14.7. The first kappa shape index (κ1) is 19.2. The van der Waals surface area contributed by atoms with Crippen LogP contribution in [0.1, 0.15) is 30.9 Å². The van der Waals surface area contributed by atoms with Gasteiger partial charge in [-0.05, 0) is 44.1 Å². The van der Waals surface area contributed by atoms with Crippen LogP contribution in [0, 0.1) is 0 Å². The molecule has 0 bridgehead atoms. The van der Waals surface area contributed by atoms with Gasteiger partial charge in [-0.2, -0.15) is 0 Å². The molecule has 1 saturated heterocycles. The summed E-state index contributed by atoms with van der Waals surface area (Å²) in [6.45, 7) is 3.05. The maximum atomic E-state index is 12.3. The Balaban J connectivity index is 1.55. The largest absolute Gasteiger partial charge is 0.496 e. The monoisotopic (exact) mass is 368 g/mol. The Morgan fingerprint density at radius 3 is 2.52 bits per heavy atom. The summed E-state index contributed by atoms with van der Waals surface area (Å²) in [5, 5.41) is 3.08. The van der Waals surface area contributed by atoms with E-state index in [9.17, 15) is 4.79 Å². The number of nitrogens with zero attached hydrogens (tertiary/aromatic N) is 1. The molecule has 1 amide bonds. The molecule has 2 aromatic carbocycles. The Morgan fingerprint density at radius 2 is 1.78 bits per heavy atom. The molecule has 0 spiro atoms. The fraction of sp³-hybridized carbons (Fsp3) is 0.409. The van der Waals surface area contributed by atoms with Gasteiger partial charge in [-0.25, -0.2) is 0 Å². The molecular formula is C22H28N2O3. The number of ether oxygens (including phenoxy) is 2. The molecule has 2 aromatic rings. The standard InChI is InChI=1S/C22H28N2O3/c1-26-21-12-6-5-11-19(21)20(24-14-7-8-15-24)17-23-22(25)13-16-27-18-9-3-2-4-10-18/h2-6,9-12,20H,7-8,13-17H2,1H3,(H,23,25). The van der Waals surface area contributed by atoms with Crippen LogP contribution >= 0.6 is 0 Å². The van der Waals surface area contributed by atoms with E-state index >= 15 is 0 Å². The average Bonchev–Trinajstić information content (AvgIpc) is 3.24. The van der Waals surface area contributed by atoms with Gasteiger partial charge in [0.2, 0.25) is 5.91 Å². The third-order valence-corrected chi connectivity index (χ3v) is 4.91. The lowest BCUT2D eigenvalue weighted by molar-refractivity contribution is -0.121. The van der Waals surface area contributed by atoms with E-state index < -0.39 is 0 Å². The van der Waals surface area contributed by atoms with E-state index in [4.69, 9.17) is 9.47 Å². The Hall–Kier alpha value is -2.53. The van der Waals surface area contributed by atoms with Crippen molar-refractivity contribution in [3.8, 4) is 11.5 Å². The van der Waals surface area contributed by atoms with E-state index in [1.54, 1.807) is 7.11 Å². The molecule has 1 heterocycles. The zero-order valence-electron chi connectivity index (χ0n) is 15.9. The van der Waals surface area contributed by atoms with Crippen molar-refractivity contribution in [2.75, 3.05) is 33.4 Å². The predicted molar refractivity (Wildman–Crippen MR) is 106 cm³/mol. The number of benzene rings is 2. The Kier molecular flexibility index (Phi) is 7.11. The molecule has 1 aliphatic rings. The first-order valence-corrected chi connectivity index (χ1v) is 9.59. The summed E-state index contributed by atoms with van der Waals surface area (Å²) < 4.78 is 11.2. The lowest BCUT2D eigenvalue weighted by atomic mass is 10.0. The van der Waals surface area contributed by atoms with Crippen LogP contribution in [0.4, 0.5) is 0 Å². The zero-order chi connectivity index (χ0) is 18.9. The molecular weight excluding hydrogens is 340 g/mol. The fourth-order valence-electron chi connectivity index (χ4n) is 3.51. The van der Waals surface area contributed by atoms with Gasteiger partial charge in [-0.3, -0.25) is 9.69 Å². The van der Waals surface area contributed by atoms with Gasteiger partial charge in [-0.15, -0.1) is 0 Å². The molecule has 0 aromatic heterocycles. The maximum Gasteiger partial charge on any atom is 0.223 e. The number of nitrogens with one attached hydrogen (secondary N) is 1. The van der Waals surface area contributed by atoms with Crippen LogP contribution in [0.2, 0.25) is 0 Å². The lowest BCUT2D eigenvalue weighted by Gasteiger charge is -2.29. The summed E-state index contributed by atoms with van der Waals surface area (Å²) in [6.07, 6.45) is 2.74. The third-order valence-electron chi connectivity index (χ3n) is 4.91. The average molecular weight is 368 g/mol. The molecule has 1 N–H and O–H groups in total. The zero-order valence-corrected chi connectivity index (χ0v) is 15.9. The SMILES string of the molecule is COc1ccccc1C(CNC(=O)CCOc1ccccc1)N1CCCC1. The quantitative estimate of drug-likeness (QED) is 0.737. The predicted octanol–water partition coefficient (Wildman–Crippen LogP) is 3.42. The van der Waals surface area contributed by atoms with Crippen LogP contribution in [-0.2, 0) is 4.79 Å². The number of likely N-dealkylation sites (tertiary alicyclic amines) is 1. The minimum absolute atomic E-state index is 0.00465. The number of hydrogen-bond acceptors (Lipinski definition) is 4. The summed E-state index contributed by atoms with van der Waals surface area (Å²) >= 11 is 0. The lowest BCUT2D eigenvalue weighted by Crippen LogP contribution is -2.37. The second kappa shape index (κ2) is 9.97. The maximum absolute atomic E-state index is 12.3. The molecule has 0 saturated carbocycles. The van der Waals surface area contributed by atoms with E-state index in [2.05, 4.69) is 16.3 Å². The number of carbonyl (C=O) groups excluding carboxylic acids is 1. The molecule has 0 aliphatic carbocycles. The van der Waals surface area contributed by atoms with Gasteiger partial charge in [0, 0.05) is 12.1 Å². The molecule has 5 nitrogen and oxygen atoms in total. The van der Waals surface area contributed by atoms with Gasteiger partial charge < -0.3 is 14.8 Å². The van der Waals surface area contributed by atoms with Crippen LogP contribution in [-0.4, -0.2) is 44.2 Å². The van der Waals surface area contributed by atoms with Gasteiger partial charge in [0.05, 0.1) is 26.2 Å². The van der Waals surface area contributed by atoms with Gasteiger partial charge in [0.1, 0.15) is 11.5 Å². The van der Waals surface area contributed by atoms with E-state index in [-0.39, 0.29) is 11.9 Å². The van der Waals surface area contributed by atoms with Crippen molar-refractivity contribution in [3.05, 3.63) is 60.2 Å². The van der Waals surface area contributed by atoms with Crippen LogP contribution in [0.3, 0.4) is 0 Å². The molecule has 1 fully saturated rings. The summed E-state index contributed by atoms with van der Waals surface area (Å²) in [6, 6.07) is 17.8.